The van der Waals surface area contributed by atoms with Crippen LogP contribution in [-0.2, 0) is 4.79 Å². The Morgan fingerprint density at radius 2 is 2.00 bits per heavy atom. The van der Waals surface area contributed by atoms with Crippen molar-refractivity contribution in [2.45, 2.75) is 24.3 Å². The molecule has 1 amide bonds. The lowest BCUT2D eigenvalue weighted by Gasteiger charge is -2.10. The second-order valence-electron chi connectivity index (χ2n) is 5.47. The Labute approximate surface area is 148 Å². The van der Waals surface area contributed by atoms with Crippen molar-refractivity contribution in [1.82, 2.24) is 10.2 Å². The Balaban J connectivity index is 1.66. The quantitative estimate of drug-likeness (QED) is 0.690. The molecule has 25 heavy (non-hydrogen) atoms. The number of halogens is 1. The summed E-state index contributed by atoms with van der Waals surface area (Å²) in [7, 11) is 0. The number of amides is 1. The molecule has 0 saturated heterocycles. The summed E-state index contributed by atoms with van der Waals surface area (Å²) in [6.07, 6.45) is 0. The Bertz CT molecular complexity index is 897. The topological polar surface area (TPSA) is 68.0 Å². The van der Waals surface area contributed by atoms with Crippen molar-refractivity contribution in [3.8, 4) is 11.5 Å². The van der Waals surface area contributed by atoms with E-state index >= 15 is 0 Å². The van der Waals surface area contributed by atoms with E-state index in [2.05, 4.69) is 15.5 Å². The maximum Gasteiger partial charge on any atom is 0.277 e. The van der Waals surface area contributed by atoms with Crippen molar-refractivity contribution < 1.29 is 13.6 Å². The number of anilines is 1. The zero-order chi connectivity index (χ0) is 17.8. The number of aromatic nitrogens is 2. The number of carbonyl (C=O) groups is 1. The fraction of sp³-hybridized carbons (Fsp3) is 0.167. The fourth-order valence-corrected chi connectivity index (χ4v) is 2.86. The first kappa shape index (κ1) is 17.2. The molecule has 1 atom stereocenters. The first-order valence-electron chi connectivity index (χ1n) is 7.65. The number of hydrogen-bond acceptors (Lipinski definition) is 5. The largest absolute Gasteiger partial charge is 0.411 e. The summed E-state index contributed by atoms with van der Waals surface area (Å²) in [6.45, 7) is 3.69. The number of thioether (sulfide) groups is 1. The summed E-state index contributed by atoms with van der Waals surface area (Å²) in [4.78, 5) is 12.3. The number of benzene rings is 2. The molecule has 0 aliphatic heterocycles. The molecule has 1 N–H and O–H groups in total. The molecule has 0 radical (unpaired) electrons. The Hall–Kier alpha value is -2.67. The van der Waals surface area contributed by atoms with Crippen LogP contribution in [0, 0.1) is 12.7 Å². The fourth-order valence-electron chi connectivity index (χ4n) is 2.17. The van der Waals surface area contributed by atoms with E-state index in [0.717, 1.165) is 23.0 Å². The van der Waals surface area contributed by atoms with Gasteiger partial charge in [-0.3, -0.25) is 4.79 Å². The maximum absolute atomic E-state index is 13.8. The van der Waals surface area contributed by atoms with Gasteiger partial charge in [0.25, 0.3) is 11.1 Å². The van der Waals surface area contributed by atoms with Gasteiger partial charge in [-0.05, 0) is 43.7 Å². The molecule has 0 unspecified atom stereocenters. The van der Waals surface area contributed by atoms with E-state index < -0.39 is 11.1 Å². The molecular formula is C18H16FN3O2S. The van der Waals surface area contributed by atoms with Gasteiger partial charge in [-0.15, -0.1) is 10.2 Å². The smallest absolute Gasteiger partial charge is 0.277 e. The molecule has 1 heterocycles. The van der Waals surface area contributed by atoms with Gasteiger partial charge in [0.2, 0.25) is 5.91 Å². The number of carbonyl (C=O) groups excluding carboxylic acids is 1. The average molecular weight is 357 g/mol. The highest BCUT2D eigenvalue weighted by atomic mass is 32.2. The average Bonchev–Trinajstić information content (AvgIpc) is 3.03. The number of nitrogens with one attached hydrogen (secondary N) is 1. The first-order chi connectivity index (χ1) is 12.0. The molecule has 0 spiro atoms. The summed E-state index contributed by atoms with van der Waals surface area (Å²) in [5, 5.41) is 10.3. The Morgan fingerprint density at radius 1 is 1.20 bits per heavy atom. The highest BCUT2D eigenvalue weighted by Gasteiger charge is 2.19. The van der Waals surface area contributed by atoms with E-state index in [1.54, 1.807) is 25.1 Å². The van der Waals surface area contributed by atoms with Gasteiger partial charge < -0.3 is 9.73 Å². The molecule has 0 aliphatic rings. The van der Waals surface area contributed by atoms with Crippen LogP contribution in [0.3, 0.4) is 0 Å². The molecule has 128 valence electrons. The second-order valence-corrected chi connectivity index (χ2v) is 6.76. The predicted octanol–water partition coefficient (Wildman–Crippen LogP) is 4.30. The van der Waals surface area contributed by atoms with Crippen LogP contribution < -0.4 is 5.32 Å². The van der Waals surface area contributed by atoms with Crippen molar-refractivity contribution in [2.24, 2.45) is 0 Å². The van der Waals surface area contributed by atoms with Gasteiger partial charge in [0.1, 0.15) is 5.82 Å². The van der Waals surface area contributed by atoms with Crippen molar-refractivity contribution in [3.63, 3.8) is 0 Å². The van der Waals surface area contributed by atoms with E-state index in [4.69, 9.17) is 4.42 Å². The van der Waals surface area contributed by atoms with Crippen LogP contribution in [0.2, 0.25) is 0 Å². The normalized spacial score (nSPS) is 12.0. The van der Waals surface area contributed by atoms with Gasteiger partial charge in [-0.1, -0.05) is 36.0 Å². The molecule has 0 saturated carbocycles. The van der Waals surface area contributed by atoms with Crippen LogP contribution in [0.25, 0.3) is 11.5 Å². The molecule has 7 heteroatoms. The van der Waals surface area contributed by atoms with Gasteiger partial charge in [0, 0.05) is 5.69 Å². The molecule has 0 aliphatic carbocycles. The van der Waals surface area contributed by atoms with E-state index in [-0.39, 0.29) is 22.6 Å². The van der Waals surface area contributed by atoms with Crippen molar-refractivity contribution in [1.29, 1.82) is 0 Å². The Kier molecular flexibility index (Phi) is 5.14. The third-order valence-electron chi connectivity index (χ3n) is 3.44. The lowest BCUT2D eigenvalue weighted by atomic mass is 10.2. The maximum atomic E-state index is 13.8. The SMILES string of the molecule is Cc1cccc(NC(=O)[C@H](C)Sc2nnc(-c3ccccc3F)o2)c1. The molecule has 1 aromatic heterocycles. The summed E-state index contributed by atoms with van der Waals surface area (Å²) in [5.74, 6) is -0.527. The van der Waals surface area contributed by atoms with Crippen LogP contribution >= 0.6 is 11.8 Å². The molecule has 5 nitrogen and oxygen atoms in total. The van der Waals surface area contributed by atoms with Gasteiger partial charge in [0.05, 0.1) is 10.8 Å². The number of rotatable bonds is 5. The molecule has 2 aromatic carbocycles. The van der Waals surface area contributed by atoms with Crippen LogP contribution in [0.15, 0.2) is 58.2 Å². The van der Waals surface area contributed by atoms with E-state index in [1.165, 1.54) is 6.07 Å². The molecule has 3 rings (SSSR count). The number of hydrogen-bond donors (Lipinski definition) is 1. The van der Waals surface area contributed by atoms with E-state index in [1.807, 2.05) is 31.2 Å². The van der Waals surface area contributed by atoms with Crippen LogP contribution in [0.5, 0.6) is 0 Å². The van der Waals surface area contributed by atoms with Gasteiger partial charge >= 0.3 is 0 Å². The van der Waals surface area contributed by atoms with Crippen LogP contribution in [-0.4, -0.2) is 21.4 Å². The molecular weight excluding hydrogens is 341 g/mol. The van der Waals surface area contributed by atoms with E-state index in [9.17, 15) is 9.18 Å². The molecule has 0 bridgehead atoms. The summed E-state index contributed by atoms with van der Waals surface area (Å²) in [6, 6.07) is 13.7. The molecule has 0 fully saturated rings. The zero-order valence-electron chi connectivity index (χ0n) is 13.7. The third-order valence-corrected chi connectivity index (χ3v) is 4.38. The molecule has 3 aromatic rings. The summed E-state index contributed by atoms with van der Waals surface area (Å²) in [5.41, 5.74) is 2.03. The lowest BCUT2D eigenvalue weighted by molar-refractivity contribution is -0.115. The van der Waals surface area contributed by atoms with Gasteiger partial charge in [-0.25, -0.2) is 4.39 Å². The van der Waals surface area contributed by atoms with Crippen LogP contribution in [0.4, 0.5) is 10.1 Å². The minimum Gasteiger partial charge on any atom is -0.411 e. The summed E-state index contributed by atoms with van der Waals surface area (Å²) >= 11 is 1.12. The standard InChI is InChI=1S/C18H16FN3O2S/c1-11-6-5-7-13(10-11)20-16(23)12(2)25-18-22-21-17(24-18)14-8-3-4-9-15(14)19/h3-10,12H,1-2H3,(H,20,23)/t12-/m0/s1. The Morgan fingerprint density at radius 3 is 2.76 bits per heavy atom. The summed E-state index contributed by atoms with van der Waals surface area (Å²) < 4.78 is 19.2. The van der Waals surface area contributed by atoms with Gasteiger partial charge in [-0.2, -0.15) is 0 Å². The highest BCUT2D eigenvalue weighted by molar-refractivity contribution is 8.00. The second kappa shape index (κ2) is 7.48. The monoisotopic (exact) mass is 357 g/mol. The van der Waals surface area contributed by atoms with Crippen molar-refractivity contribution in [3.05, 3.63) is 59.9 Å². The van der Waals surface area contributed by atoms with Crippen LogP contribution in [0.1, 0.15) is 12.5 Å². The lowest BCUT2D eigenvalue weighted by Crippen LogP contribution is -2.22. The van der Waals surface area contributed by atoms with Gasteiger partial charge in [0.15, 0.2) is 0 Å². The first-order valence-corrected chi connectivity index (χ1v) is 8.53. The van der Waals surface area contributed by atoms with Crippen molar-refractivity contribution in [2.75, 3.05) is 5.32 Å². The number of nitrogens with zero attached hydrogens (tertiary/aromatic N) is 2. The third kappa shape index (κ3) is 4.24. The van der Waals surface area contributed by atoms with E-state index in [0.29, 0.717) is 0 Å². The minimum atomic E-state index is -0.450. The van der Waals surface area contributed by atoms with Crippen molar-refractivity contribution >= 4 is 23.4 Å². The zero-order valence-corrected chi connectivity index (χ0v) is 14.5. The number of aryl methyl sites for hydroxylation is 1. The minimum absolute atomic E-state index is 0.0897. The highest BCUT2D eigenvalue weighted by Crippen LogP contribution is 2.28. The predicted molar refractivity (Wildman–Crippen MR) is 94.8 cm³/mol.